The van der Waals surface area contributed by atoms with Crippen LogP contribution in [0.2, 0.25) is 0 Å². The highest BCUT2D eigenvalue weighted by atomic mass is 31.1. The number of aryl methyl sites for hydroxylation is 3. The van der Waals surface area contributed by atoms with Gasteiger partial charge in [0.05, 0.1) is 7.92 Å². The van der Waals surface area contributed by atoms with Gasteiger partial charge in [-0.1, -0.05) is 53.1 Å². The molecule has 0 bridgehead atoms. The van der Waals surface area contributed by atoms with E-state index in [-0.39, 0.29) is 0 Å². The maximum atomic E-state index is 2.29. The Labute approximate surface area is 134 Å². The molecule has 0 saturated carbocycles. The van der Waals surface area contributed by atoms with Crippen LogP contribution in [0.5, 0.6) is 0 Å². The third-order valence-electron chi connectivity index (χ3n) is 4.02. The van der Waals surface area contributed by atoms with E-state index in [4.69, 9.17) is 0 Å². The SMILES string of the molecule is Cc1ccc([PH+](c2ccc(C)cc2)c2ccc(C)cc2)cc1. The summed E-state index contributed by atoms with van der Waals surface area (Å²) in [5, 5.41) is 4.34. The van der Waals surface area contributed by atoms with Crippen molar-refractivity contribution >= 4 is 23.8 Å². The molecule has 3 aromatic rings. The van der Waals surface area contributed by atoms with Gasteiger partial charge in [0.1, 0.15) is 15.9 Å². The molecular formula is C21H22P+. The molecule has 0 nitrogen and oxygen atoms in total. The van der Waals surface area contributed by atoms with Crippen LogP contribution in [-0.4, -0.2) is 0 Å². The van der Waals surface area contributed by atoms with Gasteiger partial charge in [-0.15, -0.1) is 0 Å². The second-order valence-corrected chi connectivity index (χ2v) is 8.46. The molecule has 22 heavy (non-hydrogen) atoms. The molecule has 0 amide bonds. The van der Waals surface area contributed by atoms with Crippen molar-refractivity contribution in [3.05, 3.63) is 89.5 Å². The predicted molar refractivity (Wildman–Crippen MR) is 101 cm³/mol. The van der Waals surface area contributed by atoms with Crippen molar-refractivity contribution in [1.29, 1.82) is 0 Å². The molecule has 3 aromatic carbocycles. The van der Waals surface area contributed by atoms with E-state index in [9.17, 15) is 0 Å². The number of hydrogen-bond acceptors (Lipinski definition) is 0. The molecule has 0 aromatic heterocycles. The third-order valence-corrected chi connectivity index (χ3v) is 6.75. The molecule has 0 saturated heterocycles. The van der Waals surface area contributed by atoms with Crippen molar-refractivity contribution in [2.24, 2.45) is 0 Å². The Morgan fingerprint density at radius 3 is 0.864 bits per heavy atom. The second-order valence-electron chi connectivity index (χ2n) is 5.97. The van der Waals surface area contributed by atoms with Crippen molar-refractivity contribution in [1.82, 2.24) is 0 Å². The highest BCUT2D eigenvalue weighted by Crippen LogP contribution is 2.32. The Balaban J connectivity index is 2.10. The minimum absolute atomic E-state index is 0.927. The van der Waals surface area contributed by atoms with E-state index in [1.807, 2.05) is 0 Å². The van der Waals surface area contributed by atoms with E-state index in [2.05, 4.69) is 93.6 Å². The standard InChI is InChI=1S/C21H21P/c1-16-4-10-19(11-5-16)22(20-12-6-17(2)7-13-20)21-14-8-18(3)9-15-21/h4-15H,1-3H3/p+1. The lowest BCUT2D eigenvalue weighted by Crippen LogP contribution is -2.20. The first-order valence-corrected chi connectivity index (χ1v) is 9.21. The summed E-state index contributed by atoms with van der Waals surface area (Å²) in [7, 11) is -0.927. The van der Waals surface area contributed by atoms with E-state index in [0.29, 0.717) is 0 Å². The van der Waals surface area contributed by atoms with Crippen molar-refractivity contribution in [3.63, 3.8) is 0 Å². The van der Waals surface area contributed by atoms with Crippen LogP contribution in [0, 0.1) is 20.8 Å². The average molecular weight is 305 g/mol. The molecule has 0 N–H and O–H groups in total. The molecule has 0 unspecified atom stereocenters. The van der Waals surface area contributed by atoms with Gasteiger partial charge < -0.3 is 0 Å². The van der Waals surface area contributed by atoms with E-state index < -0.39 is 7.92 Å². The molecule has 0 aliphatic carbocycles. The summed E-state index contributed by atoms with van der Waals surface area (Å²) in [6, 6.07) is 27.1. The van der Waals surface area contributed by atoms with Crippen LogP contribution in [0.25, 0.3) is 0 Å². The van der Waals surface area contributed by atoms with Crippen molar-refractivity contribution in [2.45, 2.75) is 20.8 Å². The molecule has 0 aliphatic rings. The summed E-state index contributed by atoms with van der Waals surface area (Å²) in [5.41, 5.74) is 3.95. The zero-order chi connectivity index (χ0) is 15.5. The van der Waals surface area contributed by atoms with Crippen molar-refractivity contribution in [2.75, 3.05) is 0 Å². The second kappa shape index (κ2) is 6.46. The normalized spacial score (nSPS) is 10.9. The highest BCUT2D eigenvalue weighted by Gasteiger charge is 2.25. The van der Waals surface area contributed by atoms with Crippen LogP contribution < -0.4 is 15.9 Å². The molecular weight excluding hydrogens is 283 g/mol. The van der Waals surface area contributed by atoms with Crippen LogP contribution in [0.3, 0.4) is 0 Å². The van der Waals surface area contributed by atoms with Crippen molar-refractivity contribution in [3.8, 4) is 0 Å². The number of benzene rings is 3. The van der Waals surface area contributed by atoms with Gasteiger partial charge in [-0.2, -0.15) is 0 Å². The molecule has 0 atom stereocenters. The molecule has 0 heterocycles. The molecule has 0 spiro atoms. The smallest absolute Gasteiger partial charge is 0.0554 e. The van der Waals surface area contributed by atoms with Gasteiger partial charge in [-0.05, 0) is 57.2 Å². The average Bonchev–Trinajstić information content (AvgIpc) is 2.53. The fourth-order valence-electron chi connectivity index (χ4n) is 2.66. The van der Waals surface area contributed by atoms with E-state index in [1.165, 1.54) is 32.6 Å². The number of rotatable bonds is 3. The quantitative estimate of drug-likeness (QED) is 0.639. The Hall–Kier alpha value is -1.91. The lowest BCUT2D eigenvalue weighted by atomic mass is 10.2. The van der Waals surface area contributed by atoms with Gasteiger partial charge in [0.25, 0.3) is 0 Å². The molecule has 0 fully saturated rings. The minimum atomic E-state index is -0.927. The zero-order valence-corrected chi connectivity index (χ0v) is 14.4. The van der Waals surface area contributed by atoms with Gasteiger partial charge in [-0.25, -0.2) is 0 Å². The van der Waals surface area contributed by atoms with Gasteiger partial charge >= 0.3 is 0 Å². The predicted octanol–water partition coefficient (Wildman–Crippen LogP) is 4.10. The van der Waals surface area contributed by atoms with Crippen LogP contribution in [0.15, 0.2) is 72.8 Å². The Morgan fingerprint density at radius 2 is 0.636 bits per heavy atom. The first-order chi connectivity index (χ1) is 10.6. The van der Waals surface area contributed by atoms with Gasteiger partial charge in [-0.3, -0.25) is 0 Å². The Bertz CT molecular complexity index is 629. The van der Waals surface area contributed by atoms with Gasteiger partial charge in [0.15, 0.2) is 0 Å². The first-order valence-electron chi connectivity index (χ1n) is 7.71. The largest absolute Gasteiger partial charge is 0.102 e. The molecule has 0 radical (unpaired) electrons. The Kier molecular flexibility index (Phi) is 4.41. The monoisotopic (exact) mass is 305 g/mol. The maximum absolute atomic E-state index is 2.29. The van der Waals surface area contributed by atoms with Crippen LogP contribution >= 0.6 is 7.92 Å². The highest BCUT2D eigenvalue weighted by molar-refractivity contribution is 7.79. The fraction of sp³-hybridized carbons (Fsp3) is 0.143. The van der Waals surface area contributed by atoms with E-state index in [1.54, 1.807) is 0 Å². The Morgan fingerprint density at radius 1 is 0.409 bits per heavy atom. The molecule has 1 heteroatoms. The van der Waals surface area contributed by atoms with E-state index >= 15 is 0 Å². The summed E-state index contributed by atoms with van der Waals surface area (Å²) in [4.78, 5) is 0. The van der Waals surface area contributed by atoms with Gasteiger partial charge in [0, 0.05) is 0 Å². The summed E-state index contributed by atoms with van der Waals surface area (Å²) in [5.74, 6) is 0. The lowest BCUT2D eigenvalue weighted by molar-refractivity contribution is 1.48. The summed E-state index contributed by atoms with van der Waals surface area (Å²) in [6.07, 6.45) is 0. The summed E-state index contributed by atoms with van der Waals surface area (Å²) in [6.45, 7) is 6.44. The molecule has 3 rings (SSSR count). The summed E-state index contributed by atoms with van der Waals surface area (Å²) < 4.78 is 0. The molecule has 0 aliphatic heterocycles. The minimum Gasteiger partial charge on any atom is -0.0554 e. The van der Waals surface area contributed by atoms with E-state index in [0.717, 1.165) is 0 Å². The maximum Gasteiger partial charge on any atom is 0.102 e. The molecule has 110 valence electrons. The topological polar surface area (TPSA) is 0 Å². The van der Waals surface area contributed by atoms with Crippen molar-refractivity contribution < 1.29 is 0 Å². The lowest BCUT2D eigenvalue weighted by Gasteiger charge is -2.11. The third kappa shape index (κ3) is 3.29. The van der Waals surface area contributed by atoms with Crippen LogP contribution in [0.4, 0.5) is 0 Å². The fourth-order valence-corrected chi connectivity index (χ4v) is 5.16. The van der Waals surface area contributed by atoms with Crippen LogP contribution in [0.1, 0.15) is 16.7 Å². The number of hydrogen-bond donors (Lipinski definition) is 0. The van der Waals surface area contributed by atoms with Crippen LogP contribution in [-0.2, 0) is 0 Å². The zero-order valence-electron chi connectivity index (χ0n) is 13.4. The summed E-state index contributed by atoms with van der Waals surface area (Å²) >= 11 is 0. The first kappa shape index (κ1) is 15.0. The van der Waals surface area contributed by atoms with Gasteiger partial charge in [0.2, 0.25) is 0 Å².